The van der Waals surface area contributed by atoms with Gasteiger partial charge in [-0.05, 0) is 18.9 Å². The molecule has 2 unspecified atom stereocenters. The van der Waals surface area contributed by atoms with Crippen LogP contribution >= 0.6 is 0 Å². The summed E-state index contributed by atoms with van der Waals surface area (Å²) in [4.78, 5) is 22.6. The van der Waals surface area contributed by atoms with Crippen LogP contribution < -0.4 is 0 Å². The predicted octanol–water partition coefficient (Wildman–Crippen LogP) is 2.61. The van der Waals surface area contributed by atoms with E-state index in [2.05, 4.69) is 0 Å². The number of rotatable bonds is 3. The third-order valence-corrected chi connectivity index (χ3v) is 3.66. The molecule has 0 aliphatic carbocycles. The van der Waals surface area contributed by atoms with Crippen molar-refractivity contribution in [2.75, 3.05) is 13.2 Å². The molecule has 0 aromatic heterocycles. The van der Waals surface area contributed by atoms with Gasteiger partial charge in [0.1, 0.15) is 6.10 Å². The molecule has 0 amide bonds. The molecule has 2 atom stereocenters. The van der Waals surface area contributed by atoms with Crippen LogP contribution in [0, 0.1) is 0 Å². The van der Waals surface area contributed by atoms with Crippen molar-refractivity contribution in [1.82, 2.24) is 0 Å². The second-order valence-electron chi connectivity index (χ2n) is 4.97. The summed E-state index contributed by atoms with van der Waals surface area (Å²) in [5.74, 6) is -1.10. The average Bonchev–Trinajstić information content (AvgIpc) is 2.93. The summed E-state index contributed by atoms with van der Waals surface area (Å²) in [7, 11) is 0. The first-order valence-electron chi connectivity index (χ1n) is 6.98. The van der Waals surface area contributed by atoms with Crippen LogP contribution in [0.2, 0.25) is 0 Å². The number of carbonyl (C=O) groups is 1. The van der Waals surface area contributed by atoms with Crippen LogP contribution in [0.4, 0.5) is 0 Å². The highest BCUT2D eigenvalue weighted by Gasteiger charge is 2.46. The Morgan fingerprint density at radius 2 is 2.30 bits per heavy atom. The lowest BCUT2D eigenvalue weighted by molar-refractivity contribution is -0.457. The first-order valence-corrected chi connectivity index (χ1v) is 6.98. The molecule has 20 heavy (non-hydrogen) atoms. The van der Waals surface area contributed by atoms with Crippen LogP contribution in [0.25, 0.3) is 0 Å². The highest BCUT2D eigenvalue weighted by atomic mass is 17.2. The Balaban J connectivity index is 1.87. The molecule has 2 heterocycles. The van der Waals surface area contributed by atoms with Crippen molar-refractivity contribution in [1.29, 1.82) is 0 Å². The maximum absolute atomic E-state index is 11.6. The maximum atomic E-state index is 11.6. The molecule has 5 heteroatoms. The second-order valence-corrected chi connectivity index (χ2v) is 4.97. The number of hydrogen-bond acceptors (Lipinski definition) is 5. The van der Waals surface area contributed by atoms with E-state index >= 15 is 0 Å². The lowest BCUT2D eigenvalue weighted by atomic mass is 9.92. The first kappa shape index (κ1) is 13.5. The van der Waals surface area contributed by atoms with Gasteiger partial charge in [-0.25, -0.2) is 4.89 Å². The lowest BCUT2D eigenvalue weighted by Gasteiger charge is -2.36. The Hall–Kier alpha value is -1.43. The molecule has 2 aliphatic heterocycles. The van der Waals surface area contributed by atoms with Crippen molar-refractivity contribution in [2.24, 2.45) is 0 Å². The molecule has 0 radical (unpaired) electrons. The van der Waals surface area contributed by atoms with Crippen molar-refractivity contribution >= 4 is 5.97 Å². The van der Waals surface area contributed by atoms with Gasteiger partial charge in [-0.3, -0.25) is 4.79 Å². The van der Waals surface area contributed by atoms with E-state index in [0.717, 1.165) is 24.0 Å². The summed E-state index contributed by atoms with van der Waals surface area (Å²) in [6.45, 7) is 2.80. The second kappa shape index (κ2) is 5.52. The number of carbonyl (C=O) groups excluding carboxylic acids is 1. The summed E-state index contributed by atoms with van der Waals surface area (Å²) < 4.78 is 10.7. The Bertz CT molecular complexity index is 493. The zero-order valence-corrected chi connectivity index (χ0v) is 11.5. The summed E-state index contributed by atoms with van der Waals surface area (Å²) in [5, 5.41) is 0. The Kier molecular flexibility index (Phi) is 3.74. The van der Waals surface area contributed by atoms with Gasteiger partial charge in [-0.1, -0.05) is 24.3 Å². The van der Waals surface area contributed by atoms with Crippen LogP contribution in [-0.2, 0) is 29.8 Å². The van der Waals surface area contributed by atoms with Crippen LogP contribution in [0.5, 0.6) is 0 Å². The fourth-order valence-electron chi connectivity index (χ4n) is 2.76. The molecule has 2 aliphatic rings. The summed E-state index contributed by atoms with van der Waals surface area (Å²) in [6, 6.07) is 7.79. The Morgan fingerprint density at radius 1 is 1.45 bits per heavy atom. The minimum Gasteiger partial charge on any atom is -0.466 e. The molecule has 3 rings (SSSR count). The van der Waals surface area contributed by atoms with E-state index in [-0.39, 0.29) is 12.4 Å². The normalized spacial score (nSPS) is 28.4. The van der Waals surface area contributed by atoms with E-state index in [4.69, 9.17) is 19.2 Å². The minimum absolute atomic E-state index is 0.140. The van der Waals surface area contributed by atoms with Gasteiger partial charge in [0.15, 0.2) is 0 Å². The molecule has 0 N–H and O–H groups in total. The number of benzene rings is 1. The van der Waals surface area contributed by atoms with Crippen LogP contribution in [0.15, 0.2) is 24.3 Å². The summed E-state index contributed by atoms with van der Waals surface area (Å²) >= 11 is 0. The topological polar surface area (TPSA) is 54.0 Å². The van der Waals surface area contributed by atoms with Gasteiger partial charge in [-0.15, -0.1) is 0 Å². The van der Waals surface area contributed by atoms with Gasteiger partial charge in [0.25, 0.3) is 0 Å². The molecule has 1 spiro atoms. The molecular formula is C15H18O5. The molecule has 0 bridgehead atoms. The van der Waals surface area contributed by atoms with Crippen LogP contribution in [0.1, 0.15) is 43.4 Å². The van der Waals surface area contributed by atoms with Gasteiger partial charge < -0.3 is 9.47 Å². The average molecular weight is 278 g/mol. The van der Waals surface area contributed by atoms with Crippen LogP contribution in [-0.4, -0.2) is 19.2 Å². The number of fused-ring (bicyclic) bond motifs is 2. The van der Waals surface area contributed by atoms with Crippen molar-refractivity contribution in [3.8, 4) is 0 Å². The van der Waals surface area contributed by atoms with Gasteiger partial charge in [0.05, 0.1) is 19.6 Å². The van der Waals surface area contributed by atoms with E-state index in [9.17, 15) is 4.79 Å². The van der Waals surface area contributed by atoms with Crippen molar-refractivity contribution < 1.29 is 24.0 Å². The molecule has 108 valence electrons. The Labute approximate surface area is 117 Å². The first-order chi connectivity index (χ1) is 9.75. The lowest BCUT2D eigenvalue weighted by Crippen LogP contribution is -2.36. The molecule has 1 aromatic rings. The summed E-state index contributed by atoms with van der Waals surface area (Å²) in [5.41, 5.74) is 1.90. The largest absolute Gasteiger partial charge is 0.466 e. The zero-order chi connectivity index (χ0) is 14.0. The molecular weight excluding hydrogens is 260 g/mol. The minimum atomic E-state index is -0.804. The highest BCUT2D eigenvalue weighted by Crippen LogP contribution is 2.46. The monoisotopic (exact) mass is 278 g/mol. The maximum Gasteiger partial charge on any atom is 0.308 e. The third kappa shape index (κ3) is 2.32. The van der Waals surface area contributed by atoms with Crippen molar-refractivity contribution in [3.63, 3.8) is 0 Å². The Morgan fingerprint density at radius 3 is 3.05 bits per heavy atom. The van der Waals surface area contributed by atoms with Gasteiger partial charge >= 0.3 is 5.97 Å². The van der Waals surface area contributed by atoms with Gasteiger partial charge in [0.2, 0.25) is 5.79 Å². The van der Waals surface area contributed by atoms with Crippen molar-refractivity contribution in [3.05, 3.63) is 35.4 Å². The fraction of sp³-hybridized carbons (Fsp3) is 0.533. The number of hydrogen-bond donors (Lipinski definition) is 0. The SMILES string of the molecule is CCOC(=O)CC1OOC2(CCCO2)c2ccccc21. The molecule has 1 saturated heterocycles. The molecule has 5 nitrogen and oxygen atoms in total. The fourth-order valence-corrected chi connectivity index (χ4v) is 2.76. The quantitative estimate of drug-likeness (QED) is 0.628. The zero-order valence-electron chi connectivity index (χ0n) is 11.5. The predicted molar refractivity (Wildman–Crippen MR) is 69.5 cm³/mol. The smallest absolute Gasteiger partial charge is 0.308 e. The highest BCUT2D eigenvalue weighted by molar-refractivity contribution is 5.70. The summed E-state index contributed by atoms with van der Waals surface area (Å²) in [6.07, 6.45) is 1.39. The van der Waals surface area contributed by atoms with E-state index in [1.807, 2.05) is 24.3 Å². The molecule has 1 fully saturated rings. The van der Waals surface area contributed by atoms with Crippen LogP contribution in [0.3, 0.4) is 0 Å². The standard InChI is InChI=1S/C15H18O5/c1-2-17-14(16)10-13-11-6-3-4-7-12(11)15(20-19-13)8-5-9-18-15/h3-4,6-7,13H,2,5,8-10H2,1H3. The van der Waals surface area contributed by atoms with E-state index in [1.54, 1.807) is 6.92 Å². The van der Waals surface area contributed by atoms with Crippen molar-refractivity contribution in [2.45, 2.75) is 38.1 Å². The molecule has 0 saturated carbocycles. The number of ether oxygens (including phenoxy) is 2. The van der Waals surface area contributed by atoms with Gasteiger partial charge in [0, 0.05) is 12.0 Å². The van der Waals surface area contributed by atoms with Gasteiger partial charge in [-0.2, -0.15) is 4.89 Å². The third-order valence-electron chi connectivity index (χ3n) is 3.66. The number of esters is 1. The van der Waals surface area contributed by atoms with E-state index in [0.29, 0.717) is 13.2 Å². The molecule has 1 aromatic carbocycles. The van der Waals surface area contributed by atoms with E-state index < -0.39 is 11.9 Å². The van der Waals surface area contributed by atoms with E-state index in [1.165, 1.54) is 0 Å².